The van der Waals surface area contributed by atoms with Crippen LogP contribution in [0.2, 0.25) is 0 Å². The first-order valence-electron chi connectivity index (χ1n) is 12.0. The fraction of sp³-hybridized carbons (Fsp3) is 0.840. The lowest BCUT2D eigenvalue weighted by atomic mass is 9.56. The Morgan fingerprint density at radius 3 is 3.00 bits per heavy atom. The molecule has 2 heterocycles. The van der Waals surface area contributed by atoms with Crippen LogP contribution in [-0.2, 0) is 4.74 Å². The van der Waals surface area contributed by atoms with Crippen molar-refractivity contribution >= 4 is 0 Å². The topological polar surface area (TPSA) is 41.5 Å². The minimum Gasteiger partial charge on any atom is -0.393 e. The number of hydrogen-bond acceptors (Lipinski definition) is 3. The first-order chi connectivity index (χ1) is 13.5. The van der Waals surface area contributed by atoms with Crippen molar-refractivity contribution in [3.8, 4) is 0 Å². The lowest BCUT2D eigenvalue weighted by Crippen LogP contribution is -2.45. The van der Waals surface area contributed by atoms with Crippen LogP contribution in [-0.4, -0.2) is 35.5 Å². The first kappa shape index (κ1) is 18.2. The number of nitrogens with one attached hydrogen (secondary N) is 1. The van der Waals surface area contributed by atoms with Gasteiger partial charge in [-0.3, -0.25) is 0 Å². The standard InChI is InChI=1S/C25H37NO2/c1-15-9-23-22(26-14-15)13-25(28-23)8-6-19-16(12-25)10-21-20(19)4-3-17-11-18(27)5-7-24(17,21)2/h3,12,15,18-23,26-27H,4-11,13-14H2,1-2H3/t15-,18-,19+,20-,21-,22-,23+,24-,25-/m0/s1. The van der Waals surface area contributed by atoms with Crippen molar-refractivity contribution in [1.82, 2.24) is 5.32 Å². The number of fused-ring (bicyclic) bond motifs is 6. The summed E-state index contributed by atoms with van der Waals surface area (Å²) in [7, 11) is 0. The van der Waals surface area contributed by atoms with E-state index in [9.17, 15) is 5.11 Å². The fourth-order valence-corrected chi connectivity index (χ4v) is 8.19. The summed E-state index contributed by atoms with van der Waals surface area (Å²) in [5.41, 5.74) is 3.65. The molecule has 4 fully saturated rings. The molecule has 2 aliphatic heterocycles. The number of rotatable bonds is 0. The van der Waals surface area contributed by atoms with Crippen molar-refractivity contribution in [2.45, 2.75) is 95.5 Å². The van der Waals surface area contributed by atoms with Gasteiger partial charge in [0.25, 0.3) is 0 Å². The Balaban J connectivity index is 1.27. The summed E-state index contributed by atoms with van der Waals surface area (Å²) < 4.78 is 6.79. The van der Waals surface area contributed by atoms with Crippen molar-refractivity contribution < 1.29 is 9.84 Å². The summed E-state index contributed by atoms with van der Waals surface area (Å²) in [6.45, 7) is 6.02. The van der Waals surface area contributed by atoms with E-state index >= 15 is 0 Å². The van der Waals surface area contributed by atoms with Gasteiger partial charge >= 0.3 is 0 Å². The highest BCUT2D eigenvalue weighted by Crippen LogP contribution is 2.63. The van der Waals surface area contributed by atoms with Crippen molar-refractivity contribution in [3.63, 3.8) is 0 Å². The van der Waals surface area contributed by atoms with Gasteiger partial charge in [-0.15, -0.1) is 0 Å². The monoisotopic (exact) mass is 383 g/mol. The van der Waals surface area contributed by atoms with Gasteiger partial charge < -0.3 is 15.2 Å². The van der Waals surface area contributed by atoms with Crippen molar-refractivity contribution in [2.75, 3.05) is 6.54 Å². The van der Waals surface area contributed by atoms with Gasteiger partial charge in [0.15, 0.2) is 0 Å². The third kappa shape index (κ3) is 2.58. The van der Waals surface area contributed by atoms with Gasteiger partial charge in [0, 0.05) is 6.04 Å². The van der Waals surface area contributed by atoms with E-state index in [1.165, 1.54) is 44.9 Å². The van der Waals surface area contributed by atoms with Gasteiger partial charge in [-0.05, 0) is 93.4 Å². The molecule has 0 amide bonds. The zero-order chi connectivity index (χ0) is 19.1. The maximum absolute atomic E-state index is 10.2. The van der Waals surface area contributed by atoms with Crippen LogP contribution in [0.4, 0.5) is 0 Å². The lowest BCUT2D eigenvalue weighted by Gasteiger charge is -2.49. The van der Waals surface area contributed by atoms with E-state index in [0.717, 1.165) is 43.1 Å². The van der Waals surface area contributed by atoms with Crippen LogP contribution in [0.25, 0.3) is 0 Å². The molecule has 154 valence electrons. The van der Waals surface area contributed by atoms with Gasteiger partial charge in [0.2, 0.25) is 0 Å². The van der Waals surface area contributed by atoms with Gasteiger partial charge in [-0.2, -0.15) is 0 Å². The Morgan fingerprint density at radius 2 is 2.11 bits per heavy atom. The number of allylic oxidation sites excluding steroid dienone is 2. The highest BCUT2D eigenvalue weighted by molar-refractivity contribution is 5.33. The van der Waals surface area contributed by atoms with Crippen LogP contribution in [0.5, 0.6) is 0 Å². The van der Waals surface area contributed by atoms with E-state index in [4.69, 9.17) is 4.74 Å². The molecule has 28 heavy (non-hydrogen) atoms. The minimum absolute atomic E-state index is 0.0195. The van der Waals surface area contributed by atoms with E-state index in [2.05, 4.69) is 31.3 Å². The molecule has 3 nitrogen and oxygen atoms in total. The molecule has 2 N–H and O–H groups in total. The molecular formula is C25H37NO2. The van der Waals surface area contributed by atoms with Gasteiger partial charge in [-0.1, -0.05) is 37.1 Å². The third-order valence-corrected chi connectivity index (χ3v) is 9.70. The summed E-state index contributed by atoms with van der Waals surface area (Å²) in [4.78, 5) is 0. The number of ether oxygens (including phenoxy) is 1. The Kier molecular flexibility index (Phi) is 4.01. The molecule has 0 bridgehead atoms. The van der Waals surface area contributed by atoms with Gasteiger partial charge in [-0.25, -0.2) is 0 Å². The molecule has 6 aliphatic rings. The predicted octanol–water partition coefficient (Wildman–Crippen LogP) is 4.37. The van der Waals surface area contributed by atoms with E-state index in [1.54, 1.807) is 11.1 Å². The maximum atomic E-state index is 10.2. The number of aliphatic hydroxyl groups excluding tert-OH is 1. The molecule has 9 atom stereocenters. The maximum Gasteiger partial charge on any atom is 0.0885 e. The Hall–Kier alpha value is -0.640. The molecule has 0 aromatic heterocycles. The minimum atomic E-state index is -0.104. The Morgan fingerprint density at radius 1 is 1.21 bits per heavy atom. The zero-order valence-electron chi connectivity index (χ0n) is 17.6. The summed E-state index contributed by atoms with van der Waals surface area (Å²) >= 11 is 0. The highest BCUT2D eigenvalue weighted by atomic mass is 16.5. The van der Waals surface area contributed by atoms with E-state index in [1.807, 2.05) is 0 Å². The summed E-state index contributed by atoms with van der Waals surface area (Å²) in [5, 5.41) is 14.0. The van der Waals surface area contributed by atoms with Crippen molar-refractivity contribution in [3.05, 3.63) is 23.3 Å². The largest absolute Gasteiger partial charge is 0.393 e. The molecule has 0 aromatic carbocycles. The van der Waals surface area contributed by atoms with Crippen molar-refractivity contribution in [1.29, 1.82) is 0 Å². The molecule has 0 aromatic rings. The van der Waals surface area contributed by atoms with Gasteiger partial charge in [0.05, 0.1) is 17.8 Å². The van der Waals surface area contributed by atoms with Crippen molar-refractivity contribution in [2.24, 2.45) is 29.1 Å². The quantitative estimate of drug-likeness (QED) is 0.611. The normalized spacial score (nSPS) is 55.0. The smallest absolute Gasteiger partial charge is 0.0885 e. The van der Waals surface area contributed by atoms with E-state index in [0.29, 0.717) is 17.6 Å². The van der Waals surface area contributed by atoms with Crippen LogP contribution in [0.3, 0.4) is 0 Å². The molecule has 0 unspecified atom stereocenters. The lowest BCUT2D eigenvalue weighted by molar-refractivity contribution is -0.0382. The SMILES string of the molecule is C[C@@H]1CN[C@H]2C[C@]3(C=C4C[C@H]5[C@@H](CC=C6C[C@@H](O)CC[C@@]65C)[C@@H]4CC3)O[C@@H]2C1. The highest BCUT2D eigenvalue weighted by Gasteiger charge is 2.56. The van der Waals surface area contributed by atoms with Crippen LogP contribution in [0.1, 0.15) is 71.6 Å². The number of hydrogen-bond donors (Lipinski definition) is 2. The summed E-state index contributed by atoms with van der Waals surface area (Å²) in [5.74, 6) is 3.14. The van der Waals surface area contributed by atoms with Crippen LogP contribution in [0.15, 0.2) is 23.3 Å². The molecule has 0 radical (unpaired) electrons. The molecule has 6 rings (SSSR count). The average Bonchev–Trinajstić information content (AvgIpc) is 3.20. The molecule has 2 saturated carbocycles. The molecule has 4 aliphatic carbocycles. The number of piperidine rings is 1. The van der Waals surface area contributed by atoms with E-state index in [-0.39, 0.29) is 11.7 Å². The summed E-state index contributed by atoms with van der Waals surface area (Å²) in [6.07, 6.45) is 16.0. The second-order valence-electron chi connectivity index (χ2n) is 11.4. The molecule has 3 heteroatoms. The Bertz CT molecular complexity index is 728. The molecule has 2 saturated heterocycles. The summed E-state index contributed by atoms with van der Waals surface area (Å²) in [6, 6.07) is 0.568. The molecular weight excluding hydrogens is 346 g/mol. The zero-order valence-corrected chi connectivity index (χ0v) is 17.6. The Labute approximate surface area is 170 Å². The van der Waals surface area contributed by atoms with Crippen LogP contribution < -0.4 is 5.32 Å². The average molecular weight is 384 g/mol. The number of aliphatic hydroxyl groups is 1. The second kappa shape index (κ2) is 6.18. The first-order valence-corrected chi connectivity index (χ1v) is 12.0. The van der Waals surface area contributed by atoms with Crippen LogP contribution in [0, 0.1) is 29.1 Å². The third-order valence-electron chi connectivity index (χ3n) is 9.70. The predicted molar refractivity (Wildman–Crippen MR) is 111 cm³/mol. The van der Waals surface area contributed by atoms with E-state index < -0.39 is 0 Å². The van der Waals surface area contributed by atoms with Gasteiger partial charge in [0.1, 0.15) is 0 Å². The fourth-order valence-electron chi connectivity index (χ4n) is 8.19. The van der Waals surface area contributed by atoms with Crippen LogP contribution >= 0.6 is 0 Å². The molecule has 1 spiro atoms. The second-order valence-corrected chi connectivity index (χ2v) is 11.4.